The van der Waals surface area contributed by atoms with Gasteiger partial charge in [0.1, 0.15) is 5.82 Å². The highest BCUT2D eigenvalue weighted by atomic mass is 35.5. The van der Waals surface area contributed by atoms with E-state index in [0.717, 1.165) is 6.54 Å². The minimum Gasteiger partial charge on any atom is -0.311 e. The summed E-state index contributed by atoms with van der Waals surface area (Å²) < 4.78 is 13.7. The molecule has 0 radical (unpaired) electrons. The molecule has 0 aliphatic heterocycles. The van der Waals surface area contributed by atoms with Crippen molar-refractivity contribution in [2.45, 2.75) is 12.6 Å². The van der Waals surface area contributed by atoms with Gasteiger partial charge in [0.25, 0.3) is 0 Å². The average Bonchev–Trinajstić information content (AvgIpc) is 2.47. The monoisotopic (exact) mass is 306 g/mol. The van der Waals surface area contributed by atoms with Crippen molar-refractivity contribution in [1.29, 1.82) is 0 Å². The van der Waals surface area contributed by atoms with Gasteiger partial charge < -0.3 is 10.2 Å². The molecule has 0 fully saturated rings. The van der Waals surface area contributed by atoms with E-state index in [1.54, 1.807) is 12.1 Å². The minimum absolute atomic E-state index is 0.229. The lowest BCUT2D eigenvalue weighted by molar-refractivity contribution is 0.288. The maximum absolute atomic E-state index is 13.7. The van der Waals surface area contributed by atoms with Crippen LogP contribution in [0.2, 0.25) is 5.02 Å². The van der Waals surface area contributed by atoms with Crippen molar-refractivity contribution in [2.75, 3.05) is 20.6 Å². The van der Waals surface area contributed by atoms with Gasteiger partial charge in [-0.3, -0.25) is 0 Å². The van der Waals surface area contributed by atoms with Crippen LogP contribution in [0.5, 0.6) is 0 Å². The first-order valence-electron chi connectivity index (χ1n) is 6.94. The molecule has 21 heavy (non-hydrogen) atoms. The lowest BCUT2D eigenvalue weighted by Crippen LogP contribution is -2.31. The zero-order valence-corrected chi connectivity index (χ0v) is 13.1. The van der Waals surface area contributed by atoms with Gasteiger partial charge in [0, 0.05) is 29.7 Å². The van der Waals surface area contributed by atoms with Crippen LogP contribution in [0.3, 0.4) is 0 Å². The highest BCUT2D eigenvalue weighted by Gasteiger charge is 2.13. The molecule has 2 aromatic rings. The highest BCUT2D eigenvalue weighted by Crippen LogP contribution is 2.18. The Morgan fingerprint density at radius 1 is 1.14 bits per heavy atom. The van der Waals surface area contributed by atoms with Crippen molar-refractivity contribution in [3.63, 3.8) is 0 Å². The largest absolute Gasteiger partial charge is 0.311 e. The number of hydrogen-bond donors (Lipinski definition) is 1. The molecule has 1 atom stereocenters. The first-order chi connectivity index (χ1) is 10.1. The van der Waals surface area contributed by atoms with Crippen molar-refractivity contribution < 1.29 is 4.39 Å². The van der Waals surface area contributed by atoms with Crippen molar-refractivity contribution in [3.8, 4) is 0 Å². The molecule has 0 spiro atoms. The normalized spacial score (nSPS) is 12.6. The summed E-state index contributed by atoms with van der Waals surface area (Å²) >= 11 is 5.90. The highest BCUT2D eigenvalue weighted by molar-refractivity contribution is 6.30. The number of rotatable bonds is 6. The maximum atomic E-state index is 13.7. The van der Waals surface area contributed by atoms with E-state index < -0.39 is 0 Å². The fraction of sp³-hybridized carbons (Fsp3) is 0.294. The van der Waals surface area contributed by atoms with Gasteiger partial charge in [0.15, 0.2) is 0 Å². The third-order valence-electron chi connectivity index (χ3n) is 3.47. The topological polar surface area (TPSA) is 15.3 Å². The molecule has 0 saturated carbocycles. The SMILES string of the molecule is CN(C)C(CNCc1cc(Cl)ccc1F)c1ccccc1. The van der Waals surface area contributed by atoms with Gasteiger partial charge in [-0.25, -0.2) is 4.39 Å². The quantitative estimate of drug-likeness (QED) is 0.871. The molecule has 112 valence electrons. The molecule has 0 aliphatic carbocycles. The predicted octanol–water partition coefficient (Wildman–Crippen LogP) is 3.87. The molecule has 2 rings (SSSR count). The second-order valence-corrected chi connectivity index (χ2v) is 5.69. The Balaban J connectivity index is 1.98. The van der Waals surface area contributed by atoms with Crippen molar-refractivity contribution in [2.24, 2.45) is 0 Å². The smallest absolute Gasteiger partial charge is 0.127 e. The van der Waals surface area contributed by atoms with E-state index >= 15 is 0 Å². The molecule has 2 aromatic carbocycles. The number of hydrogen-bond acceptors (Lipinski definition) is 2. The van der Waals surface area contributed by atoms with E-state index in [1.807, 2.05) is 32.3 Å². The fourth-order valence-electron chi connectivity index (χ4n) is 2.30. The van der Waals surface area contributed by atoms with Crippen LogP contribution in [-0.4, -0.2) is 25.5 Å². The Morgan fingerprint density at radius 2 is 1.86 bits per heavy atom. The molecule has 1 unspecified atom stereocenters. The molecule has 0 saturated heterocycles. The molecular formula is C17H20ClFN2. The first-order valence-corrected chi connectivity index (χ1v) is 7.31. The standard InChI is InChI=1S/C17H20ClFN2/c1-21(2)17(13-6-4-3-5-7-13)12-20-11-14-10-15(18)8-9-16(14)19/h3-10,17,20H,11-12H2,1-2H3. The molecule has 0 aromatic heterocycles. The van der Waals surface area contributed by atoms with Crippen LogP contribution in [0.1, 0.15) is 17.2 Å². The Hall–Kier alpha value is -1.42. The van der Waals surface area contributed by atoms with Crippen molar-refractivity contribution in [1.82, 2.24) is 10.2 Å². The van der Waals surface area contributed by atoms with Crippen LogP contribution >= 0.6 is 11.6 Å². The molecule has 4 heteroatoms. The van der Waals surface area contributed by atoms with Crippen LogP contribution < -0.4 is 5.32 Å². The van der Waals surface area contributed by atoms with Crippen LogP contribution in [0, 0.1) is 5.82 Å². The fourth-order valence-corrected chi connectivity index (χ4v) is 2.49. The molecule has 0 aliphatic rings. The zero-order chi connectivity index (χ0) is 15.2. The van der Waals surface area contributed by atoms with E-state index in [2.05, 4.69) is 22.3 Å². The van der Waals surface area contributed by atoms with E-state index in [0.29, 0.717) is 17.1 Å². The van der Waals surface area contributed by atoms with E-state index in [9.17, 15) is 4.39 Å². The summed E-state index contributed by atoms with van der Waals surface area (Å²) in [5.41, 5.74) is 1.83. The van der Waals surface area contributed by atoms with Gasteiger partial charge in [-0.15, -0.1) is 0 Å². The summed E-state index contributed by atoms with van der Waals surface area (Å²) in [5.74, 6) is -0.229. The van der Waals surface area contributed by atoms with Crippen LogP contribution in [-0.2, 0) is 6.54 Å². The predicted molar refractivity (Wildman–Crippen MR) is 86.0 cm³/mol. The van der Waals surface area contributed by atoms with Gasteiger partial charge in [-0.1, -0.05) is 41.9 Å². The number of benzene rings is 2. The van der Waals surface area contributed by atoms with E-state index in [4.69, 9.17) is 11.6 Å². The summed E-state index contributed by atoms with van der Waals surface area (Å²) in [6.07, 6.45) is 0. The summed E-state index contributed by atoms with van der Waals surface area (Å²) in [6, 6.07) is 15.1. The van der Waals surface area contributed by atoms with Gasteiger partial charge in [0.05, 0.1) is 0 Å². The second-order valence-electron chi connectivity index (χ2n) is 5.26. The summed E-state index contributed by atoms with van der Waals surface area (Å²) in [6.45, 7) is 1.20. The molecule has 2 nitrogen and oxygen atoms in total. The van der Waals surface area contributed by atoms with Crippen LogP contribution in [0.15, 0.2) is 48.5 Å². The lowest BCUT2D eigenvalue weighted by Gasteiger charge is -2.25. The molecular weight excluding hydrogens is 287 g/mol. The number of likely N-dealkylation sites (N-methyl/N-ethyl adjacent to an activating group) is 1. The summed E-state index contributed by atoms with van der Waals surface area (Å²) in [7, 11) is 4.08. The molecule has 1 N–H and O–H groups in total. The third kappa shape index (κ3) is 4.53. The average molecular weight is 307 g/mol. The maximum Gasteiger partial charge on any atom is 0.127 e. The van der Waals surface area contributed by atoms with E-state index in [1.165, 1.54) is 11.6 Å². The van der Waals surface area contributed by atoms with Crippen LogP contribution in [0.25, 0.3) is 0 Å². The first kappa shape index (κ1) is 16.0. The van der Waals surface area contributed by atoms with E-state index in [-0.39, 0.29) is 11.9 Å². The van der Waals surface area contributed by atoms with Gasteiger partial charge in [-0.2, -0.15) is 0 Å². The Labute approximate surface area is 130 Å². The van der Waals surface area contributed by atoms with Gasteiger partial charge >= 0.3 is 0 Å². The number of halogens is 2. The molecule has 0 amide bonds. The Morgan fingerprint density at radius 3 is 2.52 bits per heavy atom. The van der Waals surface area contributed by atoms with Crippen LogP contribution in [0.4, 0.5) is 4.39 Å². The second kappa shape index (κ2) is 7.55. The summed E-state index contributed by atoms with van der Waals surface area (Å²) in [5, 5.41) is 3.87. The molecule has 0 bridgehead atoms. The Bertz CT molecular complexity index is 572. The summed E-state index contributed by atoms with van der Waals surface area (Å²) in [4.78, 5) is 2.15. The van der Waals surface area contributed by atoms with Crippen molar-refractivity contribution >= 4 is 11.6 Å². The minimum atomic E-state index is -0.229. The number of nitrogens with zero attached hydrogens (tertiary/aromatic N) is 1. The van der Waals surface area contributed by atoms with Gasteiger partial charge in [-0.05, 0) is 37.9 Å². The van der Waals surface area contributed by atoms with Crippen molar-refractivity contribution in [3.05, 3.63) is 70.5 Å². The third-order valence-corrected chi connectivity index (χ3v) is 3.70. The Kier molecular flexibility index (Phi) is 5.74. The zero-order valence-electron chi connectivity index (χ0n) is 12.3. The lowest BCUT2D eigenvalue weighted by atomic mass is 10.1. The molecule has 0 heterocycles. The van der Waals surface area contributed by atoms with Gasteiger partial charge in [0.2, 0.25) is 0 Å². The number of nitrogens with one attached hydrogen (secondary N) is 1.